The van der Waals surface area contributed by atoms with Crippen molar-refractivity contribution < 1.29 is 9.52 Å². The van der Waals surface area contributed by atoms with Crippen molar-refractivity contribution in [1.82, 2.24) is 0 Å². The Labute approximate surface area is 128 Å². The van der Waals surface area contributed by atoms with Crippen molar-refractivity contribution in [2.24, 2.45) is 9.98 Å². The maximum atomic E-state index is 9.71. The zero-order valence-corrected chi connectivity index (χ0v) is 11.8. The molecular formula is C18H14N2O2. The van der Waals surface area contributed by atoms with E-state index < -0.39 is 0 Å². The van der Waals surface area contributed by atoms with Gasteiger partial charge in [-0.3, -0.25) is 9.98 Å². The van der Waals surface area contributed by atoms with Crippen molar-refractivity contribution in [3.8, 4) is 5.75 Å². The molecule has 22 heavy (non-hydrogen) atoms. The number of aromatic hydroxyl groups is 1. The maximum Gasteiger partial charge on any atom is 0.144 e. The van der Waals surface area contributed by atoms with Crippen LogP contribution >= 0.6 is 0 Å². The Morgan fingerprint density at radius 2 is 1.59 bits per heavy atom. The van der Waals surface area contributed by atoms with Crippen LogP contribution in [0.3, 0.4) is 0 Å². The number of aliphatic imine (C=N–C) groups is 2. The van der Waals surface area contributed by atoms with Crippen molar-refractivity contribution in [2.45, 2.75) is 0 Å². The quantitative estimate of drug-likeness (QED) is 0.720. The van der Waals surface area contributed by atoms with Crippen molar-refractivity contribution >= 4 is 23.8 Å². The Hall–Kier alpha value is -3.14. The summed E-state index contributed by atoms with van der Waals surface area (Å²) in [4.78, 5) is 8.70. The van der Waals surface area contributed by atoms with Gasteiger partial charge in [0.15, 0.2) is 0 Å². The van der Waals surface area contributed by atoms with Gasteiger partial charge < -0.3 is 9.52 Å². The fraction of sp³-hybridized carbons (Fsp3) is 0. The van der Waals surface area contributed by atoms with Crippen molar-refractivity contribution in [3.63, 3.8) is 0 Å². The fourth-order valence-corrected chi connectivity index (χ4v) is 1.90. The maximum absolute atomic E-state index is 9.71. The largest absolute Gasteiger partial charge is 0.507 e. The van der Waals surface area contributed by atoms with Gasteiger partial charge >= 0.3 is 0 Å². The highest BCUT2D eigenvalue weighted by molar-refractivity contribution is 5.85. The zero-order chi connectivity index (χ0) is 15.2. The van der Waals surface area contributed by atoms with Crippen LogP contribution in [0.1, 0.15) is 11.3 Å². The second kappa shape index (κ2) is 6.54. The molecule has 0 bridgehead atoms. The first-order chi connectivity index (χ1) is 10.8. The van der Waals surface area contributed by atoms with E-state index in [4.69, 9.17) is 4.42 Å². The van der Waals surface area contributed by atoms with E-state index in [1.165, 1.54) is 0 Å². The van der Waals surface area contributed by atoms with Crippen LogP contribution in [0.5, 0.6) is 5.75 Å². The number of hydrogen-bond acceptors (Lipinski definition) is 4. The van der Waals surface area contributed by atoms with Crippen molar-refractivity contribution in [2.75, 3.05) is 0 Å². The Bertz CT molecular complexity index is 805. The normalized spacial score (nSPS) is 11.5. The molecule has 3 aromatic rings. The van der Waals surface area contributed by atoms with Gasteiger partial charge in [0.05, 0.1) is 23.9 Å². The molecule has 0 saturated carbocycles. The molecule has 1 heterocycles. The average molecular weight is 290 g/mol. The third-order valence-corrected chi connectivity index (χ3v) is 3.00. The second-order valence-electron chi connectivity index (χ2n) is 4.61. The molecule has 2 aromatic carbocycles. The average Bonchev–Trinajstić information content (AvgIpc) is 3.06. The Balaban J connectivity index is 1.78. The molecule has 0 atom stereocenters. The zero-order valence-electron chi connectivity index (χ0n) is 11.8. The van der Waals surface area contributed by atoms with Crippen LogP contribution in [0.15, 0.2) is 81.3 Å². The molecule has 108 valence electrons. The van der Waals surface area contributed by atoms with E-state index in [0.29, 0.717) is 11.3 Å². The number of phenols is 1. The molecule has 0 saturated heterocycles. The van der Waals surface area contributed by atoms with Gasteiger partial charge in [-0.1, -0.05) is 18.2 Å². The van der Waals surface area contributed by atoms with Gasteiger partial charge in [-0.05, 0) is 42.5 Å². The Morgan fingerprint density at radius 1 is 0.818 bits per heavy atom. The number of hydrogen-bond donors (Lipinski definition) is 1. The monoisotopic (exact) mass is 290 g/mol. The van der Waals surface area contributed by atoms with Crippen LogP contribution in [-0.2, 0) is 0 Å². The molecule has 0 unspecified atom stereocenters. The molecule has 1 aromatic heterocycles. The summed E-state index contributed by atoms with van der Waals surface area (Å²) in [5, 5.41) is 9.71. The highest BCUT2D eigenvalue weighted by Crippen LogP contribution is 2.21. The molecule has 4 heteroatoms. The van der Waals surface area contributed by atoms with Gasteiger partial charge in [0.25, 0.3) is 0 Å². The molecule has 3 rings (SSSR count). The molecule has 0 spiro atoms. The van der Waals surface area contributed by atoms with Gasteiger partial charge in [-0.25, -0.2) is 0 Å². The summed E-state index contributed by atoms with van der Waals surface area (Å²) in [6, 6.07) is 18.2. The lowest BCUT2D eigenvalue weighted by Crippen LogP contribution is -1.80. The van der Waals surface area contributed by atoms with Gasteiger partial charge in [0, 0.05) is 11.8 Å². The second-order valence-corrected chi connectivity index (χ2v) is 4.61. The SMILES string of the molecule is Oc1ccccc1C=Nc1cccc(N=Cc2ccco2)c1. The summed E-state index contributed by atoms with van der Waals surface area (Å²) in [7, 11) is 0. The first kappa shape index (κ1) is 13.8. The molecule has 0 fully saturated rings. The standard InChI is InChI=1S/C18H14N2O2/c21-18-9-2-1-5-14(18)12-19-15-6-3-7-16(11-15)20-13-17-8-4-10-22-17/h1-13,21H. The lowest BCUT2D eigenvalue weighted by molar-refractivity contribution is 0.474. The lowest BCUT2D eigenvalue weighted by Gasteiger charge is -1.98. The number of rotatable bonds is 4. The van der Waals surface area contributed by atoms with Crippen LogP contribution in [0.25, 0.3) is 0 Å². The number of phenolic OH excluding ortho intramolecular Hbond substituents is 1. The minimum absolute atomic E-state index is 0.207. The Kier molecular flexibility index (Phi) is 4.11. The fourth-order valence-electron chi connectivity index (χ4n) is 1.90. The van der Waals surface area contributed by atoms with Crippen molar-refractivity contribution in [3.05, 3.63) is 78.3 Å². The summed E-state index contributed by atoms with van der Waals surface area (Å²) in [5.74, 6) is 0.904. The minimum Gasteiger partial charge on any atom is -0.507 e. The summed E-state index contributed by atoms with van der Waals surface area (Å²) < 4.78 is 5.20. The predicted molar refractivity (Wildman–Crippen MR) is 87.8 cm³/mol. The van der Waals surface area contributed by atoms with E-state index in [1.54, 1.807) is 36.9 Å². The summed E-state index contributed by atoms with van der Waals surface area (Å²) in [6.07, 6.45) is 4.89. The van der Waals surface area contributed by atoms with Crippen LogP contribution in [-0.4, -0.2) is 17.5 Å². The lowest BCUT2D eigenvalue weighted by atomic mass is 10.2. The van der Waals surface area contributed by atoms with Gasteiger partial charge in [0.1, 0.15) is 11.5 Å². The highest BCUT2D eigenvalue weighted by atomic mass is 16.3. The third kappa shape index (κ3) is 3.49. The van der Waals surface area contributed by atoms with E-state index in [2.05, 4.69) is 9.98 Å². The minimum atomic E-state index is 0.207. The molecule has 4 nitrogen and oxygen atoms in total. The molecule has 0 aliphatic carbocycles. The number of furan rings is 1. The summed E-state index contributed by atoms with van der Waals surface area (Å²) in [5.41, 5.74) is 2.22. The molecule has 0 aliphatic heterocycles. The van der Waals surface area contributed by atoms with E-state index in [-0.39, 0.29) is 5.75 Å². The predicted octanol–water partition coefficient (Wildman–Crippen LogP) is 4.49. The molecule has 1 N–H and O–H groups in total. The van der Waals surface area contributed by atoms with Crippen LogP contribution < -0.4 is 0 Å². The van der Waals surface area contributed by atoms with E-state index >= 15 is 0 Å². The molecule has 0 aliphatic rings. The van der Waals surface area contributed by atoms with E-state index in [9.17, 15) is 5.11 Å². The van der Waals surface area contributed by atoms with E-state index in [1.807, 2.05) is 42.5 Å². The summed E-state index contributed by atoms with van der Waals surface area (Å²) in [6.45, 7) is 0. The smallest absolute Gasteiger partial charge is 0.144 e. The number of para-hydroxylation sites is 1. The number of nitrogens with zero attached hydrogens (tertiary/aromatic N) is 2. The van der Waals surface area contributed by atoms with Crippen molar-refractivity contribution in [1.29, 1.82) is 0 Å². The topological polar surface area (TPSA) is 58.1 Å². The molecule has 0 radical (unpaired) electrons. The first-order valence-corrected chi connectivity index (χ1v) is 6.81. The first-order valence-electron chi connectivity index (χ1n) is 6.81. The van der Waals surface area contributed by atoms with Crippen LogP contribution in [0.2, 0.25) is 0 Å². The summed E-state index contributed by atoms with van der Waals surface area (Å²) >= 11 is 0. The number of benzene rings is 2. The van der Waals surface area contributed by atoms with Gasteiger partial charge in [-0.2, -0.15) is 0 Å². The third-order valence-electron chi connectivity index (χ3n) is 3.00. The molecular weight excluding hydrogens is 276 g/mol. The van der Waals surface area contributed by atoms with Crippen LogP contribution in [0.4, 0.5) is 11.4 Å². The Morgan fingerprint density at radius 3 is 2.32 bits per heavy atom. The van der Waals surface area contributed by atoms with Gasteiger partial charge in [0.2, 0.25) is 0 Å². The molecule has 0 amide bonds. The van der Waals surface area contributed by atoms with Gasteiger partial charge in [-0.15, -0.1) is 0 Å². The highest BCUT2D eigenvalue weighted by Gasteiger charge is 1.96. The van der Waals surface area contributed by atoms with Crippen LogP contribution in [0, 0.1) is 0 Å². The van der Waals surface area contributed by atoms with E-state index in [0.717, 1.165) is 11.4 Å².